The Kier molecular flexibility index (Phi) is 4.01. The summed E-state index contributed by atoms with van der Waals surface area (Å²) in [5.74, 6) is -0.207. The molecule has 0 fully saturated rings. The van der Waals surface area contributed by atoms with Crippen LogP contribution in [0.1, 0.15) is 16.2 Å². The minimum Gasteiger partial charge on any atom is -0.308 e. The topological polar surface area (TPSA) is 56.0 Å². The van der Waals surface area contributed by atoms with E-state index in [9.17, 15) is 4.79 Å². The normalized spacial score (nSPS) is 11.2. The molecule has 0 aliphatic carbocycles. The van der Waals surface area contributed by atoms with E-state index in [1.54, 1.807) is 28.7 Å². The molecule has 0 spiro atoms. The van der Waals surface area contributed by atoms with Gasteiger partial charge in [0.2, 0.25) is 5.78 Å². The van der Waals surface area contributed by atoms with Crippen molar-refractivity contribution in [3.63, 3.8) is 0 Å². The van der Waals surface area contributed by atoms with Crippen LogP contribution >= 0.6 is 11.6 Å². The molecule has 0 amide bonds. The van der Waals surface area contributed by atoms with E-state index < -0.39 is 0 Å². The van der Waals surface area contributed by atoms with Crippen LogP contribution in [0.2, 0.25) is 5.02 Å². The Balaban J connectivity index is 2.28. The SMILES string of the molecule is CN(C)CCn1ncc(Cl)c1C(=O)c1ccn(C)n1. The number of aromatic nitrogens is 4. The molecule has 6 nitrogen and oxygen atoms in total. The molecule has 0 aromatic carbocycles. The van der Waals surface area contributed by atoms with E-state index in [2.05, 4.69) is 10.2 Å². The fraction of sp³-hybridized carbons (Fsp3) is 0.417. The summed E-state index contributed by atoms with van der Waals surface area (Å²) in [6.45, 7) is 1.38. The fourth-order valence-corrected chi connectivity index (χ4v) is 1.94. The monoisotopic (exact) mass is 281 g/mol. The van der Waals surface area contributed by atoms with Crippen molar-refractivity contribution in [3.8, 4) is 0 Å². The third-order valence-electron chi connectivity index (χ3n) is 2.72. The van der Waals surface area contributed by atoms with Crippen LogP contribution in [0.15, 0.2) is 18.5 Å². The van der Waals surface area contributed by atoms with Crippen molar-refractivity contribution in [3.05, 3.63) is 34.9 Å². The lowest BCUT2D eigenvalue weighted by Gasteiger charge is -2.11. The fourth-order valence-electron chi connectivity index (χ4n) is 1.71. The zero-order valence-electron chi connectivity index (χ0n) is 11.2. The molecule has 2 aromatic rings. The molecule has 2 aromatic heterocycles. The van der Waals surface area contributed by atoms with Crippen molar-refractivity contribution in [1.82, 2.24) is 24.5 Å². The molecule has 0 aliphatic heterocycles. The van der Waals surface area contributed by atoms with Crippen molar-refractivity contribution in [2.75, 3.05) is 20.6 Å². The van der Waals surface area contributed by atoms with Gasteiger partial charge in [-0.05, 0) is 20.2 Å². The number of hydrogen-bond donors (Lipinski definition) is 0. The molecule has 0 N–H and O–H groups in total. The van der Waals surface area contributed by atoms with Crippen molar-refractivity contribution in [2.45, 2.75) is 6.54 Å². The van der Waals surface area contributed by atoms with Gasteiger partial charge in [-0.25, -0.2) is 0 Å². The molecule has 0 aliphatic rings. The first-order valence-electron chi connectivity index (χ1n) is 5.89. The van der Waals surface area contributed by atoms with Gasteiger partial charge in [0.15, 0.2) is 0 Å². The van der Waals surface area contributed by atoms with Crippen LogP contribution in [0, 0.1) is 0 Å². The Morgan fingerprint density at radius 1 is 1.47 bits per heavy atom. The predicted octanol–water partition coefficient (Wildman–Crippen LogP) is 1.06. The van der Waals surface area contributed by atoms with E-state index in [1.165, 1.54) is 6.20 Å². The number of likely N-dealkylation sites (N-methyl/N-ethyl adjacent to an activating group) is 1. The molecular weight excluding hydrogens is 266 g/mol. The van der Waals surface area contributed by atoms with Gasteiger partial charge in [-0.15, -0.1) is 0 Å². The van der Waals surface area contributed by atoms with Crippen LogP contribution in [0.5, 0.6) is 0 Å². The number of rotatable bonds is 5. The second kappa shape index (κ2) is 5.54. The van der Waals surface area contributed by atoms with Crippen molar-refractivity contribution in [2.24, 2.45) is 7.05 Å². The highest BCUT2D eigenvalue weighted by atomic mass is 35.5. The van der Waals surface area contributed by atoms with Gasteiger partial charge < -0.3 is 4.90 Å². The van der Waals surface area contributed by atoms with Gasteiger partial charge in [0, 0.05) is 19.8 Å². The number of ketones is 1. The van der Waals surface area contributed by atoms with Gasteiger partial charge in [0.05, 0.1) is 17.8 Å². The largest absolute Gasteiger partial charge is 0.308 e. The molecule has 19 heavy (non-hydrogen) atoms. The van der Waals surface area contributed by atoms with Crippen LogP contribution < -0.4 is 0 Å². The van der Waals surface area contributed by atoms with Crippen LogP contribution in [0.3, 0.4) is 0 Å². The third kappa shape index (κ3) is 3.02. The Labute approximate surface area is 116 Å². The molecule has 2 rings (SSSR count). The first-order valence-corrected chi connectivity index (χ1v) is 6.27. The lowest BCUT2D eigenvalue weighted by molar-refractivity contribution is 0.102. The zero-order chi connectivity index (χ0) is 14.0. The molecule has 0 unspecified atom stereocenters. The second-order valence-electron chi connectivity index (χ2n) is 4.57. The van der Waals surface area contributed by atoms with Crippen LogP contribution in [0.25, 0.3) is 0 Å². The Bertz CT molecular complexity index is 587. The summed E-state index contributed by atoms with van der Waals surface area (Å²) in [5, 5.41) is 8.60. The van der Waals surface area contributed by atoms with Crippen molar-refractivity contribution in [1.29, 1.82) is 0 Å². The maximum atomic E-state index is 12.4. The first kappa shape index (κ1) is 13.8. The van der Waals surface area contributed by atoms with Gasteiger partial charge in [0.25, 0.3) is 0 Å². The summed E-state index contributed by atoms with van der Waals surface area (Å²) in [4.78, 5) is 14.4. The minimum absolute atomic E-state index is 0.207. The Morgan fingerprint density at radius 2 is 2.21 bits per heavy atom. The number of nitrogens with zero attached hydrogens (tertiary/aromatic N) is 5. The van der Waals surface area contributed by atoms with Crippen LogP contribution in [-0.4, -0.2) is 50.9 Å². The Morgan fingerprint density at radius 3 is 2.79 bits per heavy atom. The van der Waals surface area contributed by atoms with E-state index in [0.29, 0.717) is 23.0 Å². The molecule has 0 radical (unpaired) electrons. The molecule has 0 bridgehead atoms. The highest BCUT2D eigenvalue weighted by Crippen LogP contribution is 2.18. The van der Waals surface area contributed by atoms with E-state index in [-0.39, 0.29) is 5.78 Å². The smallest absolute Gasteiger partial charge is 0.232 e. The summed E-state index contributed by atoms with van der Waals surface area (Å²) < 4.78 is 3.21. The van der Waals surface area contributed by atoms with Gasteiger partial charge >= 0.3 is 0 Å². The van der Waals surface area contributed by atoms with Gasteiger partial charge in [-0.1, -0.05) is 11.6 Å². The minimum atomic E-state index is -0.207. The number of aryl methyl sites for hydroxylation is 1. The standard InChI is InChI=1S/C12H16ClN5O/c1-16(2)6-7-18-11(9(13)8-14-18)12(19)10-4-5-17(3)15-10/h4-5,8H,6-7H2,1-3H3. The number of halogens is 1. The molecule has 0 saturated heterocycles. The van der Waals surface area contributed by atoms with Gasteiger partial charge in [-0.3, -0.25) is 14.2 Å². The summed E-state index contributed by atoms with van der Waals surface area (Å²) in [6, 6.07) is 1.67. The van der Waals surface area contributed by atoms with Crippen LogP contribution in [-0.2, 0) is 13.6 Å². The summed E-state index contributed by atoms with van der Waals surface area (Å²) in [7, 11) is 5.69. The number of hydrogen-bond acceptors (Lipinski definition) is 4. The molecule has 0 atom stereocenters. The van der Waals surface area contributed by atoms with Crippen LogP contribution in [0.4, 0.5) is 0 Å². The van der Waals surface area contributed by atoms with Gasteiger partial charge in [-0.2, -0.15) is 10.2 Å². The van der Waals surface area contributed by atoms with E-state index in [0.717, 1.165) is 6.54 Å². The number of carbonyl (C=O) groups is 1. The number of carbonyl (C=O) groups excluding carboxylic acids is 1. The quantitative estimate of drug-likeness (QED) is 0.769. The van der Waals surface area contributed by atoms with Crippen molar-refractivity contribution < 1.29 is 4.79 Å². The van der Waals surface area contributed by atoms with E-state index in [4.69, 9.17) is 11.6 Å². The maximum Gasteiger partial charge on any atom is 0.232 e. The van der Waals surface area contributed by atoms with Crippen molar-refractivity contribution >= 4 is 17.4 Å². The lowest BCUT2D eigenvalue weighted by atomic mass is 10.2. The average molecular weight is 282 g/mol. The molecule has 0 saturated carbocycles. The molecule has 102 valence electrons. The van der Waals surface area contributed by atoms with E-state index >= 15 is 0 Å². The highest BCUT2D eigenvalue weighted by Gasteiger charge is 2.21. The third-order valence-corrected chi connectivity index (χ3v) is 2.99. The molecule has 2 heterocycles. The van der Waals surface area contributed by atoms with Gasteiger partial charge in [0.1, 0.15) is 11.4 Å². The Hall–Kier alpha value is -1.66. The predicted molar refractivity (Wildman–Crippen MR) is 72.4 cm³/mol. The summed E-state index contributed by atoms with van der Waals surface area (Å²) in [5.41, 5.74) is 0.762. The molecular formula is C12H16ClN5O. The summed E-state index contributed by atoms with van der Waals surface area (Å²) >= 11 is 6.06. The van der Waals surface area contributed by atoms with E-state index in [1.807, 2.05) is 19.0 Å². The second-order valence-corrected chi connectivity index (χ2v) is 4.98. The summed E-state index contributed by atoms with van der Waals surface area (Å²) in [6.07, 6.45) is 3.22. The average Bonchev–Trinajstić information content (AvgIpc) is 2.92. The first-order chi connectivity index (χ1) is 8.99. The lowest BCUT2D eigenvalue weighted by Crippen LogP contribution is -2.22. The maximum absolute atomic E-state index is 12.4. The highest BCUT2D eigenvalue weighted by molar-refractivity contribution is 6.34. The zero-order valence-corrected chi connectivity index (χ0v) is 11.9. The molecule has 7 heteroatoms.